The molecule has 5 nitrogen and oxygen atoms in total. The second-order valence-corrected chi connectivity index (χ2v) is 8.20. The van der Waals surface area contributed by atoms with Crippen LogP contribution < -0.4 is 5.32 Å². The summed E-state index contributed by atoms with van der Waals surface area (Å²) >= 11 is 0. The summed E-state index contributed by atoms with van der Waals surface area (Å²) in [5.41, 5.74) is 0.926. The quantitative estimate of drug-likeness (QED) is 0.190. The number of esters is 1. The highest BCUT2D eigenvalue weighted by molar-refractivity contribution is 5.71. The first-order valence-corrected chi connectivity index (χ1v) is 12.3. The fourth-order valence-electron chi connectivity index (χ4n) is 3.42. The summed E-state index contributed by atoms with van der Waals surface area (Å²) in [7, 11) is 0. The summed E-state index contributed by atoms with van der Waals surface area (Å²) in [6.45, 7) is 3.17. The van der Waals surface area contributed by atoms with Crippen molar-refractivity contribution in [1.29, 1.82) is 0 Å². The molecule has 0 unspecified atom stereocenters. The highest BCUT2D eigenvalue weighted by atomic mass is 16.5. The number of hydrogen-bond donors (Lipinski definition) is 1. The van der Waals surface area contributed by atoms with Gasteiger partial charge in [0.25, 0.3) is 0 Å². The first-order valence-electron chi connectivity index (χ1n) is 12.3. The Kier molecular flexibility index (Phi) is 17.3. The molecule has 0 saturated carbocycles. The number of carbonyl (C=O) groups is 2. The number of hydrogen-bond acceptors (Lipinski definition) is 4. The minimum absolute atomic E-state index is 0.166. The molecular weight excluding hydrogens is 390 g/mol. The van der Waals surface area contributed by atoms with Crippen molar-refractivity contribution in [2.24, 2.45) is 0 Å². The van der Waals surface area contributed by atoms with Crippen LogP contribution in [0.15, 0.2) is 30.3 Å². The van der Waals surface area contributed by atoms with E-state index in [0.717, 1.165) is 18.4 Å². The molecule has 1 rings (SSSR count). The molecule has 0 aliphatic heterocycles. The van der Waals surface area contributed by atoms with E-state index >= 15 is 0 Å². The molecule has 0 aliphatic rings. The predicted octanol–water partition coefficient (Wildman–Crippen LogP) is 6.94. The average molecular weight is 434 g/mol. The van der Waals surface area contributed by atoms with E-state index in [4.69, 9.17) is 9.47 Å². The Morgan fingerprint density at radius 2 is 1.29 bits per heavy atom. The minimum atomic E-state index is -0.520. The van der Waals surface area contributed by atoms with Gasteiger partial charge in [-0.2, -0.15) is 0 Å². The zero-order valence-corrected chi connectivity index (χ0v) is 19.5. The molecule has 0 atom stereocenters. The van der Waals surface area contributed by atoms with Gasteiger partial charge < -0.3 is 14.8 Å². The van der Waals surface area contributed by atoms with Crippen LogP contribution in [0.25, 0.3) is 0 Å². The van der Waals surface area contributed by atoms with Crippen molar-refractivity contribution in [1.82, 2.24) is 5.32 Å². The van der Waals surface area contributed by atoms with Gasteiger partial charge in [-0.1, -0.05) is 114 Å². The van der Waals surface area contributed by atoms with E-state index in [9.17, 15) is 9.59 Å². The lowest BCUT2D eigenvalue weighted by Crippen LogP contribution is -2.27. The van der Waals surface area contributed by atoms with Gasteiger partial charge in [0.2, 0.25) is 0 Å². The number of rotatable bonds is 19. The molecule has 1 aromatic rings. The number of nitrogens with one attached hydrogen (secondary N) is 1. The van der Waals surface area contributed by atoms with E-state index in [1.807, 2.05) is 30.3 Å². The van der Waals surface area contributed by atoms with Crippen molar-refractivity contribution in [2.45, 2.75) is 103 Å². The first kappa shape index (κ1) is 27.0. The van der Waals surface area contributed by atoms with Crippen LogP contribution in [-0.4, -0.2) is 25.2 Å². The lowest BCUT2D eigenvalue weighted by Gasteiger charge is -2.08. The third-order valence-electron chi connectivity index (χ3n) is 5.32. The molecule has 176 valence electrons. The van der Waals surface area contributed by atoms with Gasteiger partial charge in [0, 0.05) is 6.54 Å². The Morgan fingerprint density at radius 3 is 1.87 bits per heavy atom. The van der Waals surface area contributed by atoms with Gasteiger partial charge in [0.1, 0.15) is 6.61 Å². The summed E-state index contributed by atoms with van der Waals surface area (Å²) < 4.78 is 10.3. The standard InChI is InChI=1S/C26H43NO4/c1-2-3-4-5-6-7-8-9-10-11-12-13-17-22-30-25(28)20-21-27-26(29)31-23-24-18-15-14-16-19-24/h14-16,18-19H,2-13,17,20-23H2,1H3,(H,27,29). The topological polar surface area (TPSA) is 64.6 Å². The van der Waals surface area contributed by atoms with Gasteiger partial charge in [-0.25, -0.2) is 4.79 Å². The predicted molar refractivity (Wildman–Crippen MR) is 126 cm³/mol. The summed E-state index contributed by atoms with van der Waals surface area (Å²) in [4.78, 5) is 23.3. The molecule has 0 radical (unpaired) electrons. The van der Waals surface area contributed by atoms with Gasteiger partial charge in [0.15, 0.2) is 0 Å². The molecule has 0 saturated heterocycles. The maximum Gasteiger partial charge on any atom is 0.407 e. The van der Waals surface area contributed by atoms with Crippen LogP contribution >= 0.6 is 0 Å². The summed E-state index contributed by atoms with van der Waals surface area (Å²) in [6, 6.07) is 9.48. The van der Waals surface area contributed by atoms with Crippen LogP contribution in [0.2, 0.25) is 0 Å². The molecule has 31 heavy (non-hydrogen) atoms. The molecule has 0 aliphatic carbocycles. The highest BCUT2D eigenvalue weighted by Gasteiger charge is 2.06. The van der Waals surface area contributed by atoms with Crippen molar-refractivity contribution in [3.05, 3.63) is 35.9 Å². The van der Waals surface area contributed by atoms with Crippen LogP contribution in [-0.2, 0) is 20.9 Å². The third-order valence-corrected chi connectivity index (χ3v) is 5.32. The van der Waals surface area contributed by atoms with Crippen molar-refractivity contribution >= 4 is 12.1 Å². The smallest absolute Gasteiger partial charge is 0.407 e. The molecule has 0 heterocycles. The number of alkyl carbamates (subject to hydrolysis) is 1. The van der Waals surface area contributed by atoms with Crippen molar-refractivity contribution in [3.63, 3.8) is 0 Å². The van der Waals surface area contributed by atoms with E-state index in [-0.39, 0.29) is 25.5 Å². The zero-order chi connectivity index (χ0) is 22.4. The lowest BCUT2D eigenvalue weighted by molar-refractivity contribution is -0.143. The number of amides is 1. The molecule has 0 aromatic heterocycles. The minimum Gasteiger partial charge on any atom is -0.466 e. The molecular formula is C26H43NO4. The van der Waals surface area contributed by atoms with Crippen LogP contribution in [0.5, 0.6) is 0 Å². The van der Waals surface area contributed by atoms with Crippen LogP contribution in [0.1, 0.15) is 102 Å². The first-order chi connectivity index (χ1) is 15.2. The Hall–Kier alpha value is -2.04. The van der Waals surface area contributed by atoms with Gasteiger partial charge >= 0.3 is 12.1 Å². The number of unbranched alkanes of at least 4 members (excludes halogenated alkanes) is 12. The van der Waals surface area contributed by atoms with Crippen LogP contribution in [0.3, 0.4) is 0 Å². The molecule has 5 heteroatoms. The average Bonchev–Trinajstić information content (AvgIpc) is 2.78. The highest BCUT2D eigenvalue weighted by Crippen LogP contribution is 2.12. The Morgan fingerprint density at radius 1 is 0.742 bits per heavy atom. The normalized spacial score (nSPS) is 10.6. The van der Waals surface area contributed by atoms with Crippen LogP contribution in [0, 0.1) is 0 Å². The van der Waals surface area contributed by atoms with Gasteiger partial charge in [0.05, 0.1) is 13.0 Å². The number of carbonyl (C=O) groups excluding carboxylic acids is 2. The third kappa shape index (κ3) is 17.3. The lowest BCUT2D eigenvalue weighted by atomic mass is 10.0. The fraction of sp³-hybridized carbons (Fsp3) is 0.692. The summed E-state index contributed by atoms with van der Waals surface area (Å²) in [5.74, 6) is -0.276. The molecule has 1 amide bonds. The Labute approximate surface area is 189 Å². The molecule has 0 bridgehead atoms. The SMILES string of the molecule is CCCCCCCCCCCCCCCOC(=O)CCNC(=O)OCc1ccccc1. The Bertz CT molecular complexity index is 562. The summed E-state index contributed by atoms with van der Waals surface area (Å²) in [6.07, 6.45) is 16.5. The maximum absolute atomic E-state index is 11.7. The van der Waals surface area contributed by atoms with Crippen LogP contribution in [0.4, 0.5) is 4.79 Å². The maximum atomic E-state index is 11.7. The van der Waals surface area contributed by atoms with Crippen molar-refractivity contribution < 1.29 is 19.1 Å². The second kappa shape index (κ2) is 19.9. The molecule has 0 spiro atoms. The fourth-order valence-corrected chi connectivity index (χ4v) is 3.42. The van der Waals surface area contributed by atoms with E-state index in [0.29, 0.717) is 6.61 Å². The number of ether oxygens (including phenoxy) is 2. The largest absolute Gasteiger partial charge is 0.466 e. The van der Waals surface area contributed by atoms with E-state index in [1.165, 1.54) is 70.6 Å². The monoisotopic (exact) mass is 433 g/mol. The van der Waals surface area contributed by atoms with Gasteiger partial charge in [-0.3, -0.25) is 4.79 Å². The van der Waals surface area contributed by atoms with Gasteiger partial charge in [-0.05, 0) is 12.0 Å². The van der Waals surface area contributed by atoms with E-state index in [1.54, 1.807) is 0 Å². The molecule has 0 fully saturated rings. The molecule has 1 N–H and O–H groups in total. The van der Waals surface area contributed by atoms with E-state index in [2.05, 4.69) is 12.2 Å². The van der Waals surface area contributed by atoms with Crippen molar-refractivity contribution in [2.75, 3.05) is 13.2 Å². The Balaban J connectivity index is 1.82. The van der Waals surface area contributed by atoms with Crippen molar-refractivity contribution in [3.8, 4) is 0 Å². The summed E-state index contributed by atoms with van der Waals surface area (Å²) in [5, 5.41) is 2.57. The zero-order valence-electron chi connectivity index (χ0n) is 19.5. The van der Waals surface area contributed by atoms with Gasteiger partial charge in [-0.15, -0.1) is 0 Å². The second-order valence-electron chi connectivity index (χ2n) is 8.20. The number of benzene rings is 1. The molecule has 1 aromatic carbocycles. The van der Waals surface area contributed by atoms with E-state index < -0.39 is 6.09 Å².